The Morgan fingerprint density at radius 2 is 0.648 bits per heavy atom. The highest BCUT2D eigenvalue weighted by Crippen LogP contribution is 2.57. The molecule has 4 nitrogen and oxygen atoms in total. The smallest absolute Gasteiger partial charge is 0.0713 e. The van der Waals surface area contributed by atoms with Crippen LogP contribution >= 0.6 is 0 Å². The van der Waals surface area contributed by atoms with Gasteiger partial charge >= 0.3 is 0 Å². The van der Waals surface area contributed by atoms with Crippen LogP contribution in [0.4, 0.5) is 34.1 Å². The van der Waals surface area contributed by atoms with Gasteiger partial charge in [-0.2, -0.15) is 0 Å². The van der Waals surface area contributed by atoms with Crippen molar-refractivity contribution in [2.45, 2.75) is 45.2 Å². The van der Waals surface area contributed by atoms with E-state index in [-0.39, 0.29) is 0 Å². The minimum Gasteiger partial charge on any atom is -0.340 e. The molecule has 13 rings (SSSR count). The second kappa shape index (κ2) is 17.4. The Hall–Kier alpha value is -8.60. The van der Waals surface area contributed by atoms with Crippen molar-refractivity contribution < 1.29 is 0 Å². The average molecular weight is 915 g/mol. The number of hydrogen-bond acceptors (Lipinski definition) is 2. The molecule has 0 amide bonds. The molecule has 0 radical (unpaired) electrons. The van der Waals surface area contributed by atoms with E-state index in [1.54, 1.807) is 0 Å². The molecule has 12 aromatic rings. The largest absolute Gasteiger partial charge is 0.340 e. The fraction of sp³-hybridized carbons (Fsp3) is 0.104. The molecule has 0 fully saturated rings. The number of rotatable bonds is 12. The Bertz CT molecular complexity index is 3640. The zero-order chi connectivity index (χ0) is 47.5. The minimum absolute atomic E-state index is 0.570. The van der Waals surface area contributed by atoms with E-state index in [2.05, 4.69) is 275 Å². The molecule has 4 heteroatoms. The number of anilines is 6. The number of aryl methyl sites for hydroxylation is 2. The van der Waals surface area contributed by atoms with Crippen molar-refractivity contribution >= 4 is 77.7 Å². The van der Waals surface area contributed by atoms with E-state index >= 15 is 0 Å². The summed E-state index contributed by atoms with van der Waals surface area (Å²) in [6.45, 7) is 6.48. The molecule has 2 heterocycles. The molecule has 0 unspecified atom stereocenters. The molecule has 0 saturated heterocycles. The van der Waals surface area contributed by atoms with Crippen LogP contribution < -0.4 is 9.80 Å². The monoisotopic (exact) mass is 914 g/mol. The van der Waals surface area contributed by atoms with Gasteiger partial charge in [0.25, 0.3) is 0 Å². The number of para-hydroxylation sites is 4. The highest BCUT2D eigenvalue weighted by Gasteiger charge is 2.46. The second-order valence-corrected chi connectivity index (χ2v) is 19.0. The summed E-state index contributed by atoms with van der Waals surface area (Å²) >= 11 is 0. The quantitative estimate of drug-likeness (QED) is 0.121. The van der Waals surface area contributed by atoms with Gasteiger partial charge in [0.15, 0.2) is 0 Å². The van der Waals surface area contributed by atoms with Crippen LogP contribution in [0.3, 0.4) is 0 Å². The fourth-order valence-corrected chi connectivity index (χ4v) is 12.1. The van der Waals surface area contributed by atoms with E-state index < -0.39 is 5.41 Å². The Morgan fingerprint density at radius 1 is 0.310 bits per heavy atom. The third-order valence-electron chi connectivity index (χ3n) is 15.0. The van der Waals surface area contributed by atoms with Crippen molar-refractivity contribution in [3.05, 3.63) is 265 Å². The van der Waals surface area contributed by atoms with Crippen molar-refractivity contribution in [3.63, 3.8) is 0 Å². The van der Waals surface area contributed by atoms with Crippen molar-refractivity contribution in [1.29, 1.82) is 0 Å². The summed E-state index contributed by atoms with van der Waals surface area (Å²) in [6.07, 6.45) is 2.15. The molecule has 1 aliphatic carbocycles. The molecular weight excluding hydrogens is 861 g/mol. The Balaban J connectivity index is 0.958. The molecule has 0 aliphatic heterocycles. The van der Waals surface area contributed by atoms with Crippen molar-refractivity contribution in [2.75, 3.05) is 9.80 Å². The average Bonchev–Trinajstić information content (AvgIpc) is 4.03. The molecular formula is C67H54N4. The van der Waals surface area contributed by atoms with Gasteiger partial charge in [-0.3, -0.25) is 0 Å². The maximum absolute atomic E-state index is 2.48. The molecule has 71 heavy (non-hydrogen) atoms. The lowest BCUT2D eigenvalue weighted by Gasteiger charge is -2.35. The first kappa shape index (κ1) is 42.5. The lowest BCUT2D eigenvalue weighted by atomic mass is 9.67. The van der Waals surface area contributed by atoms with Crippen LogP contribution in [0.2, 0.25) is 0 Å². The normalized spacial score (nSPS) is 12.7. The van der Waals surface area contributed by atoms with Gasteiger partial charge < -0.3 is 18.9 Å². The first-order chi connectivity index (χ1) is 35.1. The van der Waals surface area contributed by atoms with Crippen molar-refractivity contribution in [3.8, 4) is 11.1 Å². The SMILES string of the molecule is CCCn1c2ccccc2c2cc(N(c3ccccc3)c3ccc(C4(c5ccc(N(c6ccccc6)c6ccc7c(c6)c6ccccc6n7CCC)cc5)c5ccccc5-c5ccccc54)cc3)ccc21. The molecule has 342 valence electrons. The lowest BCUT2D eigenvalue weighted by molar-refractivity contribution is 0.724. The van der Waals surface area contributed by atoms with Crippen LogP contribution in [-0.4, -0.2) is 9.13 Å². The predicted octanol–water partition coefficient (Wildman–Crippen LogP) is 18.0. The zero-order valence-corrected chi connectivity index (χ0v) is 40.2. The summed E-state index contributed by atoms with van der Waals surface area (Å²) in [4.78, 5) is 4.81. The van der Waals surface area contributed by atoms with Gasteiger partial charge in [-0.25, -0.2) is 0 Å². The summed E-state index contributed by atoms with van der Waals surface area (Å²) in [5.74, 6) is 0. The molecule has 0 spiro atoms. The van der Waals surface area contributed by atoms with Crippen LogP contribution in [-0.2, 0) is 18.5 Å². The van der Waals surface area contributed by atoms with Crippen LogP contribution in [0.1, 0.15) is 48.9 Å². The third-order valence-corrected chi connectivity index (χ3v) is 15.0. The number of aromatic nitrogens is 2. The Kier molecular flexibility index (Phi) is 10.4. The predicted molar refractivity (Wildman–Crippen MR) is 300 cm³/mol. The molecule has 0 bridgehead atoms. The molecule has 2 aromatic heterocycles. The minimum atomic E-state index is -0.570. The maximum Gasteiger partial charge on any atom is 0.0713 e. The summed E-state index contributed by atoms with van der Waals surface area (Å²) in [5, 5.41) is 5.13. The number of hydrogen-bond donors (Lipinski definition) is 0. The van der Waals surface area contributed by atoms with Gasteiger partial charge in [0.05, 0.1) is 5.41 Å². The summed E-state index contributed by atoms with van der Waals surface area (Å²) in [6, 6.07) is 90.2. The second-order valence-electron chi connectivity index (χ2n) is 19.0. The lowest BCUT2D eigenvalue weighted by Crippen LogP contribution is -2.28. The van der Waals surface area contributed by atoms with E-state index in [0.717, 1.165) is 60.1 Å². The van der Waals surface area contributed by atoms with Gasteiger partial charge in [-0.15, -0.1) is 0 Å². The van der Waals surface area contributed by atoms with Crippen LogP contribution in [0.5, 0.6) is 0 Å². The summed E-state index contributed by atoms with van der Waals surface area (Å²) in [5.41, 5.74) is 18.9. The van der Waals surface area contributed by atoms with Gasteiger partial charge in [0.2, 0.25) is 0 Å². The first-order valence-corrected chi connectivity index (χ1v) is 25.3. The summed E-state index contributed by atoms with van der Waals surface area (Å²) in [7, 11) is 0. The molecule has 1 aliphatic rings. The van der Waals surface area contributed by atoms with E-state index in [1.807, 2.05) is 0 Å². The van der Waals surface area contributed by atoms with E-state index in [0.29, 0.717) is 0 Å². The Labute approximate surface area is 415 Å². The zero-order valence-electron chi connectivity index (χ0n) is 40.2. The van der Waals surface area contributed by atoms with Crippen LogP contribution in [0, 0.1) is 0 Å². The number of nitrogens with zero attached hydrogens (tertiary/aromatic N) is 4. The molecule has 0 atom stereocenters. The van der Waals surface area contributed by atoms with Gasteiger partial charge in [0.1, 0.15) is 0 Å². The van der Waals surface area contributed by atoms with Gasteiger partial charge in [-0.05, 0) is 143 Å². The van der Waals surface area contributed by atoms with Crippen molar-refractivity contribution in [1.82, 2.24) is 9.13 Å². The van der Waals surface area contributed by atoms with E-state index in [9.17, 15) is 0 Å². The molecule has 0 N–H and O–H groups in total. The molecule has 10 aromatic carbocycles. The van der Waals surface area contributed by atoms with E-state index in [4.69, 9.17) is 0 Å². The van der Waals surface area contributed by atoms with Crippen LogP contribution in [0.25, 0.3) is 54.7 Å². The highest BCUT2D eigenvalue weighted by molar-refractivity contribution is 6.11. The van der Waals surface area contributed by atoms with Crippen LogP contribution in [0.15, 0.2) is 243 Å². The number of benzene rings is 10. The number of fused-ring (bicyclic) bond motifs is 9. The highest BCUT2D eigenvalue weighted by atomic mass is 15.1. The van der Waals surface area contributed by atoms with Crippen molar-refractivity contribution in [2.24, 2.45) is 0 Å². The summed E-state index contributed by atoms with van der Waals surface area (Å²) < 4.78 is 4.96. The maximum atomic E-state index is 2.48. The topological polar surface area (TPSA) is 16.3 Å². The van der Waals surface area contributed by atoms with Gasteiger partial charge in [0, 0.05) is 90.8 Å². The molecule has 0 saturated carbocycles. The van der Waals surface area contributed by atoms with E-state index in [1.165, 1.54) is 77.0 Å². The standard InChI is InChI=1S/C67H54N4/c1-3-43-68-63-29-17-13-25-57(63)59-45-53(39-41-65(59)68)70(49-19-7-5-8-20-49)51-35-31-47(32-36-51)67(61-27-15-11-23-55(61)56-24-12-16-28-62(56)67)48-33-37-52(38-34-48)71(50-21-9-6-10-22-50)54-40-42-66-60(46-54)58-26-14-18-30-64(58)69(66)44-4-2/h5-42,45-46H,3-4,43-44H2,1-2H3. The van der Waals surface area contributed by atoms with Gasteiger partial charge in [-0.1, -0.05) is 159 Å². The first-order valence-electron chi connectivity index (χ1n) is 25.3. The third kappa shape index (κ3) is 6.73. The Morgan fingerprint density at radius 3 is 1.07 bits per heavy atom. The fourth-order valence-electron chi connectivity index (χ4n) is 12.1.